The van der Waals surface area contributed by atoms with Gasteiger partial charge in [-0.05, 0) is 18.6 Å². The lowest BCUT2D eigenvalue weighted by Crippen LogP contribution is -2.39. The molecule has 120 valence electrons. The number of hydrogen-bond acceptors (Lipinski definition) is 6. The lowest BCUT2D eigenvalue weighted by molar-refractivity contribution is -0.144. The Morgan fingerprint density at radius 2 is 2.22 bits per heavy atom. The van der Waals surface area contributed by atoms with Crippen LogP contribution in [0.2, 0.25) is 0 Å². The van der Waals surface area contributed by atoms with Gasteiger partial charge in [0.15, 0.2) is 0 Å². The Morgan fingerprint density at radius 1 is 1.39 bits per heavy atom. The third-order valence-electron chi connectivity index (χ3n) is 3.38. The molecule has 0 N–H and O–H groups in total. The van der Waals surface area contributed by atoms with Crippen molar-refractivity contribution in [2.24, 2.45) is 0 Å². The fourth-order valence-electron chi connectivity index (χ4n) is 2.23. The minimum atomic E-state index is -0.425. The van der Waals surface area contributed by atoms with Crippen LogP contribution < -0.4 is 4.90 Å². The number of thioether (sulfide) groups is 1. The summed E-state index contributed by atoms with van der Waals surface area (Å²) in [4.78, 5) is 31.0. The van der Waals surface area contributed by atoms with E-state index in [0.29, 0.717) is 5.75 Å². The van der Waals surface area contributed by atoms with Gasteiger partial charge in [-0.25, -0.2) is 4.98 Å². The van der Waals surface area contributed by atoms with E-state index in [-0.39, 0.29) is 19.1 Å². The van der Waals surface area contributed by atoms with Gasteiger partial charge in [-0.3, -0.25) is 14.5 Å². The predicted molar refractivity (Wildman–Crippen MR) is 90.8 cm³/mol. The SMILES string of the molecule is CCc1nc(COC(=O)CN2C(=O)CSc3ccccc32)cs1. The first-order valence-electron chi connectivity index (χ1n) is 7.28. The molecule has 1 aromatic heterocycles. The summed E-state index contributed by atoms with van der Waals surface area (Å²) in [6.45, 7) is 2.11. The largest absolute Gasteiger partial charge is 0.458 e. The summed E-state index contributed by atoms with van der Waals surface area (Å²) < 4.78 is 5.26. The fourth-order valence-corrected chi connectivity index (χ4v) is 3.90. The highest BCUT2D eigenvalue weighted by Crippen LogP contribution is 2.34. The highest BCUT2D eigenvalue weighted by atomic mass is 32.2. The normalized spacial score (nSPS) is 13.8. The van der Waals surface area contributed by atoms with Crippen molar-refractivity contribution in [3.63, 3.8) is 0 Å². The maximum Gasteiger partial charge on any atom is 0.326 e. The summed E-state index contributed by atoms with van der Waals surface area (Å²) in [5, 5.41) is 2.91. The highest BCUT2D eigenvalue weighted by Gasteiger charge is 2.26. The van der Waals surface area contributed by atoms with Gasteiger partial charge in [0, 0.05) is 10.3 Å². The number of aromatic nitrogens is 1. The molecule has 0 fully saturated rings. The van der Waals surface area contributed by atoms with E-state index in [0.717, 1.165) is 27.7 Å². The fraction of sp³-hybridized carbons (Fsp3) is 0.312. The van der Waals surface area contributed by atoms with Crippen LogP contribution in [0.15, 0.2) is 34.5 Å². The number of nitrogens with zero attached hydrogens (tertiary/aromatic N) is 2. The van der Waals surface area contributed by atoms with E-state index >= 15 is 0 Å². The standard InChI is InChI=1S/C16H16N2O3S2/c1-2-14-17-11(9-23-14)8-21-16(20)7-18-12-5-3-4-6-13(12)22-10-15(18)19/h3-6,9H,2,7-8,10H2,1H3. The molecule has 0 aliphatic carbocycles. The molecule has 1 aliphatic heterocycles. The molecule has 1 amide bonds. The molecule has 0 spiro atoms. The van der Waals surface area contributed by atoms with Crippen molar-refractivity contribution < 1.29 is 14.3 Å². The molecule has 0 bridgehead atoms. The molecule has 1 aliphatic rings. The van der Waals surface area contributed by atoms with E-state index in [2.05, 4.69) is 4.98 Å². The van der Waals surface area contributed by atoms with Crippen molar-refractivity contribution in [2.75, 3.05) is 17.2 Å². The number of esters is 1. The first-order valence-corrected chi connectivity index (χ1v) is 9.15. The molecule has 23 heavy (non-hydrogen) atoms. The van der Waals surface area contributed by atoms with E-state index < -0.39 is 5.97 Å². The van der Waals surface area contributed by atoms with Crippen LogP contribution in [0.1, 0.15) is 17.6 Å². The molecule has 1 aromatic carbocycles. The molecule has 0 saturated carbocycles. The summed E-state index contributed by atoms with van der Waals surface area (Å²) in [6, 6.07) is 7.58. The van der Waals surface area contributed by atoms with Crippen molar-refractivity contribution in [1.29, 1.82) is 0 Å². The van der Waals surface area contributed by atoms with Gasteiger partial charge in [-0.1, -0.05) is 19.1 Å². The summed E-state index contributed by atoms with van der Waals surface area (Å²) >= 11 is 3.05. The molecule has 3 rings (SSSR count). The van der Waals surface area contributed by atoms with Gasteiger partial charge in [0.2, 0.25) is 5.91 Å². The van der Waals surface area contributed by atoms with Crippen LogP contribution in [-0.2, 0) is 27.4 Å². The third-order valence-corrected chi connectivity index (χ3v) is 5.47. The topological polar surface area (TPSA) is 59.5 Å². The van der Waals surface area contributed by atoms with Gasteiger partial charge in [-0.15, -0.1) is 23.1 Å². The average Bonchev–Trinajstić information content (AvgIpc) is 3.04. The molecule has 5 nitrogen and oxygen atoms in total. The van der Waals surface area contributed by atoms with Gasteiger partial charge in [0.25, 0.3) is 0 Å². The molecule has 2 aromatic rings. The zero-order chi connectivity index (χ0) is 16.2. The second-order valence-electron chi connectivity index (χ2n) is 4.98. The van der Waals surface area contributed by atoms with Crippen LogP contribution in [-0.4, -0.2) is 29.2 Å². The molecule has 0 radical (unpaired) electrons. The highest BCUT2D eigenvalue weighted by molar-refractivity contribution is 8.00. The summed E-state index contributed by atoms with van der Waals surface area (Å²) in [5.74, 6) is -0.158. The van der Waals surface area contributed by atoms with Gasteiger partial charge in [0.05, 0.1) is 22.1 Å². The first kappa shape index (κ1) is 16.0. The van der Waals surface area contributed by atoms with Crippen LogP contribution in [0, 0.1) is 0 Å². The minimum Gasteiger partial charge on any atom is -0.458 e. The number of benzene rings is 1. The number of anilines is 1. The zero-order valence-electron chi connectivity index (χ0n) is 12.7. The first-order chi connectivity index (χ1) is 11.2. The van der Waals surface area contributed by atoms with Crippen molar-refractivity contribution >= 4 is 40.7 Å². The molecule has 0 atom stereocenters. The maximum absolute atomic E-state index is 12.1. The Labute approximate surface area is 142 Å². The Balaban J connectivity index is 1.62. The van der Waals surface area contributed by atoms with E-state index in [9.17, 15) is 9.59 Å². The lowest BCUT2D eigenvalue weighted by atomic mass is 10.2. The van der Waals surface area contributed by atoms with Crippen molar-refractivity contribution in [3.8, 4) is 0 Å². The molecular formula is C16H16N2O3S2. The van der Waals surface area contributed by atoms with Crippen molar-refractivity contribution in [1.82, 2.24) is 4.98 Å². The zero-order valence-corrected chi connectivity index (χ0v) is 14.3. The van der Waals surface area contributed by atoms with E-state index in [4.69, 9.17) is 4.74 Å². The second kappa shape index (κ2) is 7.14. The van der Waals surface area contributed by atoms with Gasteiger partial charge in [-0.2, -0.15) is 0 Å². The van der Waals surface area contributed by atoms with Crippen molar-refractivity contribution in [2.45, 2.75) is 24.8 Å². The quantitative estimate of drug-likeness (QED) is 0.778. The second-order valence-corrected chi connectivity index (χ2v) is 6.94. The van der Waals surface area contributed by atoms with Gasteiger partial charge < -0.3 is 4.74 Å². The number of ether oxygens (including phenoxy) is 1. The Bertz CT molecular complexity index is 730. The Kier molecular flexibility index (Phi) is 4.97. The maximum atomic E-state index is 12.1. The number of carbonyl (C=O) groups excluding carboxylic acids is 2. The molecule has 7 heteroatoms. The van der Waals surface area contributed by atoms with Crippen LogP contribution in [0.5, 0.6) is 0 Å². The van der Waals surface area contributed by atoms with E-state index in [1.807, 2.05) is 36.6 Å². The minimum absolute atomic E-state index is 0.0683. The molecule has 2 heterocycles. The van der Waals surface area contributed by atoms with Gasteiger partial charge >= 0.3 is 5.97 Å². The summed E-state index contributed by atoms with van der Waals surface area (Å²) in [6.07, 6.45) is 0.870. The summed E-state index contributed by atoms with van der Waals surface area (Å²) in [5.41, 5.74) is 1.52. The monoisotopic (exact) mass is 348 g/mol. The summed E-state index contributed by atoms with van der Waals surface area (Å²) in [7, 11) is 0. The Hall–Kier alpha value is -1.86. The molecule has 0 saturated heterocycles. The number of carbonyl (C=O) groups is 2. The third kappa shape index (κ3) is 3.73. The van der Waals surface area contributed by atoms with E-state index in [1.54, 1.807) is 11.3 Å². The number of amides is 1. The van der Waals surface area contributed by atoms with Crippen LogP contribution >= 0.6 is 23.1 Å². The van der Waals surface area contributed by atoms with Crippen LogP contribution in [0.25, 0.3) is 0 Å². The molecule has 0 unspecified atom stereocenters. The number of hydrogen-bond donors (Lipinski definition) is 0. The van der Waals surface area contributed by atoms with Crippen molar-refractivity contribution in [3.05, 3.63) is 40.3 Å². The van der Waals surface area contributed by atoms with Crippen LogP contribution in [0.4, 0.5) is 5.69 Å². The van der Waals surface area contributed by atoms with Crippen LogP contribution in [0.3, 0.4) is 0 Å². The predicted octanol–water partition coefficient (Wildman–Crippen LogP) is 2.89. The number of fused-ring (bicyclic) bond motifs is 1. The number of para-hydroxylation sites is 1. The number of aryl methyl sites for hydroxylation is 1. The van der Waals surface area contributed by atoms with E-state index in [1.165, 1.54) is 16.7 Å². The Morgan fingerprint density at radius 3 is 3.00 bits per heavy atom. The smallest absolute Gasteiger partial charge is 0.326 e. The lowest BCUT2D eigenvalue weighted by Gasteiger charge is -2.27. The average molecular weight is 348 g/mol. The number of rotatable bonds is 5. The molecular weight excluding hydrogens is 332 g/mol. The number of thiazole rings is 1. The van der Waals surface area contributed by atoms with Gasteiger partial charge in [0.1, 0.15) is 13.2 Å².